The number of benzene rings is 1. The number of hydrogen-bond donors (Lipinski definition) is 2. The van der Waals surface area contributed by atoms with Crippen molar-refractivity contribution in [2.75, 3.05) is 11.2 Å². The first kappa shape index (κ1) is 13.7. The molecule has 0 aliphatic rings. The molecule has 108 valence electrons. The Morgan fingerprint density at radius 3 is 3.14 bits per heavy atom. The molecule has 1 aromatic carbocycles. The van der Waals surface area contributed by atoms with Gasteiger partial charge in [0.05, 0.1) is 5.75 Å². The zero-order valence-electron chi connectivity index (χ0n) is 10.4. The number of hydrogen-bond acceptors (Lipinski definition) is 6. The monoisotopic (exact) mass is 325 g/mol. The van der Waals surface area contributed by atoms with Crippen LogP contribution >= 0.6 is 23.4 Å². The number of amides is 1. The van der Waals surface area contributed by atoms with Gasteiger partial charge in [-0.25, -0.2) is 14.9 Å². The second-order valence-corrected chi connectivity index (χ2v) is 5.31. The summed E-state index contributed by atoms with van der Waals surface area (Å²) in [6.45, 7) is 0. The van der Waals surface area contributed by atoms with Gasteiger partial charge in [0.1, 0.15) is 11.8 Å². The molecule has 0 saturated carbocycles. The fourth-order valence-corrected chi connectivity index (χ4v) is 2.36. The van der Waals surface area contributed by atoms with Crippen molar-refractivity contribution in [1.82, 2.24) is 19.9 Å². The number of aromatic nitrogens is 4. The van der Waals surface area contributed by atoms with E-state index in [2.05, 4.69) is 20.6 Å². The van der Waals surface area contributed by atoms with E-state index in [1.165, 1.54) is 6.33 Å². The van der Waals surface area contributed by atoms with Crippen LogP contribution in [0.15, 0.2) is 39.0 Å². The van der Waals surface area contributed by atoms with E-state index < -0.39 is 5.69 Å². The first-order valence-corrected chi connectivity index (χ1v) is 7.09. The molecule has 0 aliphatic carbocycles. The van der Waals surface area contributed by atoms with E-state index in [4.69, 9.17) is 16.0 Å². The third-order valence-electron chi connectivity index (χ3n) is 2.45. The van der Waals surface area contributed by atoms with Crippen molar-refractivity contribution in [2.45, 2.75) is 5.22 Å². The van der Waals surface area contributed by atoms with Crippen LogP contribution in [-0.4, -0.2) is 31.5 Å². The minimum Gasteiger partial charge on any atom is -0.431 e. The normalized spacial score (nSPS) is 10.9. The van der Waals surface area contributed by atoms with Crippen molar-refractivity contribution in [3.63, 3.8) is 0 Å². The van der Waals surface area contributed by atoms with Gasteiger partial charge in [-0.3, -0.25) is 10.2 Å². The fourth-order valence-electron chi connectivity index (χ4n) is 1.56. The van der Waals surface area contributed by atoms with E-state index >= 15 is 0 Å². The number of oxazole rings is 1. The lowest BCUT2D eigenvalue weighted by atomic mass is 10.3. The average molecular weight is 326 g/mol. The maximum atomic E-state index is 11.7. The summed E-state index contributed by atoms with van der Waals surface area (Å²) in [4.78, 5) is 27.0. The summed E-state index contributed by atoms with van der Waals surface area (Å²) in [5, 5.41) is 6.56. The zero-order valence-corrected chi connectivity index (χ0v) is 11.9. The highest BCUT2D eigenvalue weighted by Gasteiger charge is 2.10. The van der Waals surface area contributed by atoms with E-state index in [0.29, 0.717) is 21.3 Å². The number of thioether (sulfide) groups is 1. The van der Waals surface area contributed by atoms with Crippen LogP contribution in [0.2, 0.25) is 5.02 Å². The lowest BCUT2D eigenvalue weighted by Gasteiger charge is -2.01. The molecular formula is C11H8ClN5O3S. The summed E-state index contributed by atoms with van der Waals surface area (Å²) in [7, 11) is 0. The number of rotatable bonds is 4. The molecule has 0 atom stereocenters. The molecule has 1 amide bonds. The number of aromatic amines is 1. The fraction of sp³-hybridized carbons (Fsp3) is 0.0909. The van der Waals surface area contributed by atoms with Crippen molar-refractivity contribution in [3.05, 3.63) is 40.0 Å². The number of nitrogens with one attached hydrogen (secondary N) is 2. The van der Waals surface area contributed by atoms with Gasteiger partial charge in [-0.1, -0.05) is 23.4 Å². The van der Waals surface area contributed by atoms with Gasteiger partial charge in [-0.05, 0) is 18.2 Å². The second kappa shape index (κ2) is 5.62. The van der Waals surface area contributed by atoms with Gasteiger partial charge < -0.3 is 4.42 Å². The number of nitrogens with zero attached hydrogens (tertiary/aromatic N) is 3. The molecule has 10 heteroatoms. The summed E-state index contributed by atoms with van der Waals surface area (Å²) in [6, 6.07) is 5.08. The Hall–Kier alpha value is -2.26. The molecule has 0 aliphatic heterocycles. The van der Waals surface area contributed by atoms with E-state index in [1.54, 1.807) is 18.2 Å². The predicted octanol–water partition coefficient (Wildman–Crippen LogP) is 1.23. The molecule has 2 N–H and O–H groups in total. The van der Waals surface area contributed by atoms with E-state index in [9.17, 15) is 9.59 Å². The number of fused-ring (bicyclic) bond motifs is 1. The molecule has 0 radical (unpaired) electrons. The maximum absolute atomic E-state index is 11.7. The van der Waals surface area contributed by atoms with Gasteiger partial charge in [0, 0.05) is 5.02 Å². The SMILES string of the molecule is O=C(CSc1nc2cc(Cl)ccc2o1)Nn1cn[nH]c1=O. The van der Waals surface area contributed by atoms with Crippen LogP contribution in [0, 0.1) is 0 Å². The Kier molecular flexibility index (Phi) is 3.67. The molecule has 0 spiro atoms. The Labute approximate surface area is 126 Å². The van der Waals surface area contributed by atoms with Gasteiger partial charge in [-0.15, -0.1) is 0 Å². The second-order valence-electron chi connectivity index (χ2n) is 3.95. The Balaban J connectivity index is 1.64. The van der Waals surface area contributed by atoms with Gasteiger partial charge >= 0.3 is 5.69 Å². The molecular weight excluding hydrogens is 318 g/mol. The standard InChI is InChI=1S/C11H8ClN5O3S/c12-6-1-2-8-7(3-6)14-11(20-8)21-4-9(18)16-17-5-13-15-10(17)19/h1-3,5H,4H2,(H,15,19)(H,16,18). The largest absolute Gasteiger partial charge is 0.431 e. The number of H-pyrrole nitrogens is 1. The highest BCUT2D eigenvalue weighted by Crippen LogP contribution is 2.25. The van der Waals surface area contributed by atoms with Gasteiger partial charge in [0.25, 0.3) is 5.22 Å². The minimum atomic E-state index is -0.523. The van der Waals surface area contributed by atoms with E-state index in [0.717, 1.165) is 16.4 Å². The van der Waals surface area contributed by atoms with Crippen LogP contribution in [-0.2, 0) is 4.79 Å². The molecule has 2 heterocycles. The third kappa shape index (κ3) is 3.09. The minimum absolute atomic E-state index is 0.0399. The van der Waals surface area contributed by atoms with Gasteiger partial charge in [0.15, 0.2) is 5.58 Å². The predicted molar refractivity (Wildman–Crippen MR) is 77.0 cm³/mol. The summed E-state index contributed by atoms with van der Waals surface area (Å²) >= 11 is 6.96. The summed E-state index contributed by atoms with van der Waals surface area (Å²) in [5.74, 6) is -0.346. The molecule has 21 heavy (non-hydrogen) atoms. The van der Waals surface area contributed by atoms with E-state index in [-0.39, 0.29) is 11.7 Å². The highest BCUT2D eigenvalue weighted by molar-refractivity contribution is 7.99. The van der Waals surface area contributed by atoms with Crippen LogP contribution in [0.3, 0.4) is 0 Å². The lowest BCUT2D eigenvalue weighted by molar-refractivity contribution is -0.114. The Morgan fingerprint density at radius 1 is 1.52 bits per heavy atom. The first-order chi connectivity index (χ1) is 10.1. The van der Waals surface area contributed by atoms with Crippen LogP contribution in [0.1, 0.15) is 0 Å². The third-order valence-corrected chi connectivity index (χ3v) is 3.52. The molecule has 0 fully saturated rings. The molecule has 2 aromatic heterocycles. The molecule has 3 aromatic rings. The highest BCUT2D eigenvalue weighted by atomic mass is 35.5. The molecule has 0 saturated heterocycles. The zero-order chi connectivity index (χ0) is 14.8. The van der Waals surface area contributed by atoms with Crippen molar-refractivity contribution in [2.24, 2.45) is 0 Å². The average Bonchev–Trinajstić information content (AvgIpc) is 3.02. The number of carbonyl (C=O) groups excluding carboxylic acids is 1. The summed E-state index contributed by atoms with van der Waals surface area (Å²) < 4.78 is 6.41. The molecule has 3 rings (SSSR count). The van der Waals surface area contributed by atoms with Crippen molar-refractivity contribution in [3.8, 4) is 0 Å². The van der Waals surface area contributed by atoms with Gasteiger partial charge in [-0.2, -0.15) is 9.77 Å². The van der Waals surface area contributed by atoms with E-state index in [1.807, 2.05) is 0 Å². The van der Waals surface area contributed by atoms with Crippen molar-refractivity contribution >= 4 is 40.4 Å². The Bertz CT molecular complexity index is 855. The quantitative estimate of drug-likeness (QED) is 0.699. The Morgan fingerprint density at radius 2 is 2.38 bits per heavy atom. The number of halogens is 1. The lowest BCUT2D eigenvalue weighted by Crippen LogP contribution is -2.31. The molecule has 0 unspecified atom stereocenters. The number of carbonyl (C=O) groups is 1. The maximum Gasteiger partial charge on any atom is 0.362 e. The summed E-state index contributed by atoms with van der Waals surface area (Å²) in [6.07, 6.45) is 1.17. The topological polar surface area (TPSA) is 106 Å². The first-order valence-electron chi connectivity index (χ1n) is 5.72. The van der Waals surface area contributed by atoms with Crippen molar-refractivity contribution < 1.29 is 9.21 Å². The van der Waals surface area contributed by atoms with Crippen LogP contribution in [0.25, 0.3) is 11.1 Å². The smallest absolute Gasteiger partial charge is 0.362 e. The molecule has 0 bridgehead atoms. The molecule has 8 nitrogen and oxygen atoms in total. The van der Waals surface area contributed by atoms with Crippen LogP contribution < -0.4 is 11.1 Å². The van der Waals surface area contributed by atoms with Crippen LogP contribution in [0.4, 0.5) is 0 Å². The van der Waals surface area contributed by atoms with Crippen molar-refractivity contribution in [1.29, 1.82) is 0 Å². The summed E-state index contributed by atoms with van der Waals surface area (Å²) in [5.41, 5.74) is 3.05. The van der Waals surface area contributed by atoms with Gasteiger partial charge in [0.2, 0.25) is 5.91 Å². The van der Waals surface area contributed by atoms with Crippen LogP contribution in [0.5, 0.6) is 0 Å².